The van der Waals surface area contributed by atoms with Crippen molar-refractivity contribution in [2.75, 3.05) is 5.75 Å². The molecule has 0 heterocycles. The molecule has 1 aromatic carbocycles. The van der Waals surface area contributed by atoms with Crippen molar-refractivity contribution in [1.29, 1.82) is 5.26 Å². The van der Waals surface area contributed by atoms with Gasteiger partial charge in [0.25, 0.3) is 0 Å². The molecule has 3 nitrogen and oxygen atoms in total. The molecule has 1 fully saturated rings. The van der Waals surface area contributed by atoms with Gasteiger partial charge < -0.3 is 9.84 Å². The fraction of sp³-hybridized carbons (Fsp3) is 0.409. The van der Waals surface area contributed by atoms with Gasteiger partial charge in [-0.2, -0.15) is 5.26 Å². The van der Waals surface area contributed by atoms with E-state index in [0.717, 1.165) is 34.6 Å². The SMILES string of the molecule is C=C(SC/C(C)=C1\CCC(O)\C1=C\C)c1ccc(OC(C)C)c(C#N)c1. The van der Waals surface area contributed by atoms with Gasteiger partial charge in [0.1, 0.15) is 11.8 Å². The molecule has 1 aromatic rings. The van der Waals surface area contributed by atoms with Gasteiger partial charge in [0, 0.05) is 10.7 Å². The van der Waals surface area contributed by atoms with E-state index in [9.17, 15) is 10.4 Å². The van der Waals surface area contributed by atoms with Gasteiger partial charge in [-0.25, -0.2) is 0 Å². The van der Waals surface area contributed by atoms with Crippen LogP contribution in [0.25, 0.3) is 4.91 Å². The van der Waals surface area contributed by atoms with Gasteiger partial charge in [0.15, 0.2) is 0 Å². The van der Waals surface area contributed by atoms with Gasteiger partial charge in [-0.1, -0.05) is 24.3 Å². The average Bonchev–Trinajstić information content (AvgIpc) is 2.99. The van der Waals surface area contributed by atoms with Gasteiger partial charge in [0.2, 0.25) is 0 Å². The van der Waals surface area contributed by atoms with E-state index in [1.165, 1.54) is 11.1 Å². The van der Waals surface area contributed by atoms with Crippen LogP contribution in [0.1, 0.15) is 51.7 Å². The lowest BCUT2D eigenvalue weighted by atomic mass is 10.0. The Hall–Kier alpha value is -1.96. The van der Waals surface area contributed by atoms with Crippen molar-refractivity contribution in [3.8, 4) is 11.8 Å². The van der Waals surface area contributed by atoms with Gasteiger partial charge >= 0.3 is 0 Å². The van der Waals surface area contributed by atoms with E-state index in [4.69, 9.17) is 4.74 Å². The predicted octanol–water partition coefficient (Wildman–Crippen LogP) is 5.47. The summed E-state index contributed by atoms with van der Waals surface area (Å²) < 4.78 is 5.67. The molecule has 2 rings (SSSR count). The van der Waals surface area contributed by atoms with Gasteiger partial charge in [0.05, 0.1) is 17.8 Å². The quantitative estimate of drug-likeness (QED) is 0.723. The van der Waals surface area contributed by atoms with Crippen LogP contribution in [0.4, 0.5) is 0 Å². The first-order chi connectivity index (χ1) is 12.4. The molecule has 1 aliphatic rings. The zero-order valence-electron chi connectivity index (χ0n) is 16.0. The molecule has 1 atom stereocenters. The average molecular weight is 370 g/mol. The maximum atomic E-state index is 10.0. The van der Waals surface area contributed by atoms with E-state index in [1.54, 1.807) is 11.8 Å². The number of allylic oxidation sites excluding steroid dienone is 1. The molecule has 0 aromatic heterocycles. The first kappa shape index (κ1) is 20.4. The minimum atomic E-state index is -0.329. The van der Waals surface area contributed by atoms with Crippen LogP contribution in [0.5, 0.6) is 5.75 Å². The van der Waals surface area contributed by atoms with Crippen molar-refractivity contribution >= 4 is 16.7 Å². The van der Waals surface area contributed by atoms with Crippen molar-refractivity contribution in [3.05, 3.63) is 58.7 Å². The summed E-state index contributed by atoms with van der Waals surface area (Å²) in [5.74, 6) is 1.43. The second-order valence-electron chi connectivity index (χ2n) is 6.76. The number of ether oxygens (including phenoxy) is 1. The summed E-state index contributed by atoms with van der Waals surface area (Å²) in [6, 6.07) is 7.84. The van der Waals surface area contributed by atoms with Crippen molar-refractivity contribution < 1.29 is 9.84 Å². The maximum Gasteiger partial charge on any atom is 0.137 e. The molecule has 0 bridgehead atoms. The van der Waals surface area contributed by atoms with Crippen molar-refractivity contribution in [2.45, 2.75) is 52.7 Å². The number of aliphatic hydroxyl groups excluding tert-OH is 1. The number of rotatable bonds is 6. The summed E-state index contributed by atoms with van der Waals surface area (Å²) in [7, 11) is 0. The second-order valence-corrected chi connectivity index (χ2v) is 7.83. The highest BCUT2D eigenvalue weighted by Crippen LogP contribution is 2.36. The lowest BCUT2D eigenvalue weighted by Crippen LogP contribution is -2.06. The summed E-state index contributed by atoms with van der Waals surface area (Å²) in [6.07, 6.45) is 3.45. The van der Waals surface area contributed by atoms with Crippen LogP contribution in [0.2, 0.25) is 0 Å². The van der Waals surface area contributed by atoms with E-state index in [2.05, 4.69) is 19.6 Å². The summed E-state index contributed by atoms with van der Waals surface area (Å²) in [5.41, 5.74) is 5.09. The van der Waals surface area contributed by atoms with Crippen molar-refractivity contribution in [1.82, 2.24) is 0 Å². The molecule has 4 heteroatoms. The lowest BCUT2D eigenvalue weighted by molar-refractivity contribution is 0.218. The number of benzene rings is 1. The molecule has 138 valence electrons. The normalized spacial score (nSPS) is 20.3. The molecule has 1 unspecified atom stereocenters. The number of nitriles is 1. The van der Waals surface area contributed by atoms with Crippen LogP contribution >= 0.6 is 11.8 Å². The van der Waals surface area contributed by atoms with Crippen LogP contribution in [0, 0.1) is 11.3 Å². The van der Waals surface area contributed by atoms with Gasteiger partial charge in [-0.05, 0) is 69.4 Å². The third kappa shape index (κ3) is 4.81. The monoisotopic (exact) mass is 369 g/mol. The Labute approximate surface area is 161 Å². The molecule has 0 aliphatic heterocycles. The van der Waals surface area contributed by atoms with E-state index in [1.807, 2.05) is 45.0 Å². The Morgan fingerprint density at radius 2 is 2.23 bits per heavy atom. The molecule has 26 heavy (non-hydrogen) atoms. The van der Waals surface area contributed by atoms with Crippen LogP contribution in [-0.2, 0) is 0 Å². The molecular formula is C22H27NO2S. The Kier molecular flexibility index (Phi) is 7.14. The third-order valence-electron chi connectivity index (χ3n) is 4.45. The molecule has 1 N–H and O–H groups in total. The van der Waals surface area contributed by atoms with E-state index in [0.29, 0.717) is 11.3 Å². The fourth-order valence-corrected chi connectivity index (χ4v) is 3.98. The summed E-state index contributed by atoms with van der Waals surface area (Å²) in [5, 5.41) is 19.4. The molecule has 0 spiro atoms. The smallest absolute Gasteiger partial charge is 0.137 e. The number of nitrogens with zero attached hydrogens (tertiary/aromatic N) is 1. The largest absolute Gasteiger partial charge is 0.490 e. The minimum Gasteiger partial charge on any atom is -0.490 e. The number of hydrogen-bond donors (Lipinski definition) is 1. The van der Waals surface area contributed by atoms with Crippen LogP contribution in [0.3, 0.4) is 0 Å². The topological polar surface area (TPSA) is 53.2 Å². The van der Waals surface area contributed by atoms with E-state index in [-0.39, 0.29) is 12.2 Å². The fourth-order valence-electron chi connectivity index (χ4n) is 3.12. The zero-order valence-corrected chi connectivity index (χ0v) is 16.8. The van der Waals surface area contributed by atoms with Crippen molar-refractivity contribution in [3.63, 3.8) is 0 Å². The Morgan fingerprint density at radius 3 is 2.85 bits per heavy atom. The van der Waals surface area contributed by atoms with E-state index >= 15 is 0 Å². The minimum absolute atomic E-state index is 0.0300. The molecule has 0 radical (unpaired) electrons. The number of thioether (sulfide) groups is 1. The standard InChI is InChI=1S/C22H27NO2S/c1-6-19-20(8-9-21(19)24)15(4)13-26-16(5)17-7-10-22(25-14(2)3)18(11-17)12-23/h6-7,10-11,14,21,24H,5,8-9,13H2,1-4H3/b19-6+,20-15+. The first-order valence-corrected chi connectivity index (χ1v) is 9.92. The van der Waals surface area contributed by atoms with E-state index < -0.39 is 0 Å². The molecule has 0 saturated heterocycles. The van der Waals surface area contributed by atoms with Crippen molar-refractivity contribution in [2.24, 2.45) is 0 Å². The Morgan fingerprint density at radius 1 is 1.50 bits per heavy atom. The maximum absolute atomic E-state index is 10.0. The van der Waals surface area contributed by atoms with Gasteiger partial charge in [-0.15, -0.1) is 11.8 Å². The van der Waals surface area contributed by atoms with Crippen LogP contribution in [0.15, 0.2) is 47.6 Å². The predicted molar refractivity (Wildman–Crippen MR) is 110 cm³/mol. The summed E-state index contributed by atoms with van der Waals surface area (Å²) in [6.45, 7) is 12.2. The molecule has 1 saturated carbocycles. The zero-order chi connectivity index (χ0) is 19.3. The van der Waals surface area contributed by atoms with Gasteiger partial charge in [-0.3, -0.25) is 0 Å². The summed E-state index contributed by atoms with van der Waals surface area (Å²) in [4.78, 5) is 0.929. The summed E-state index contributed by atoms with van der Waals surface area (Å²) >= 11 is 1.67. The number of hydrogen-bond acceptors (Lipinski definition) is 4. The Balaban J connectivity index is 2.10. The van der Waals surface area contributed by atoms with Crippen LogP contribution in [-0.4, -0.2) is 23.1 Å². The Bertz CT molecular complexity index is 784. The highest BCUT2D eigenvalue weighted by atomic mass is 32.2. The lowest BCUT2D eigenvalue weighted by Gasteiger charge is -2.14. The van der Waals surface area contributed by atoms with Crippen LogP contribution < -0.4 is 4.74 Å². The molecule has 1 aliphatic carbocycles. The highest BCUT2D eigenvalue weighted by Gasteiger charge is 2.24. The second kappa shape index (κ2) is 9.12. The molecular weight excluding hydrogens is 342 g/mol. The number of aliphatic hydroxyl groups is 1. The first-order valence-electron chi connectivity index (χ1n) is 8.93. The molecule has 0 amide bonds. The third-order valence-corrected chi connectivity index (χ3v) is 5.61. The highest BCUT2D eigenvalue weighted by molar-refractivity contribution is 8.08.